The highest BCUT2D eigenvalue weighted by Crippen LogP contribution is 2.49. The van der Waals surface area contributed by atoms with Crippen LogP contribution in [0.1, 0.15) is 36.5 Å². The number of rotatable bonds is 8. The number of halogens is 1. The number of nitrogens with zero attached hydrogens (tertiary/aromatic N) is 4. The fourth-order valence-electron chi connectivity index (χ4n) is 6.05. The second kappa shape index (κ2) is 10.0. The lowest BCUT2D eigenvalue weighted by molar-refractivity contribution is -0.137. The summed E-state index contributed by atoms with van der Waals surface area (Å²) in [6.45, 7) is 3.13. The van der Waals surface area contributed by atoms with E-state index in [1.165, 1.54) is 11.1 Å². The first-order valence-corrected chi connectivity index (χ1v) is 12.9. The number of primary amides is 1. The van der Waals surface area contributed by atoms with E-state index in [0.29, 0.717) is 65.2 Å². The maximum Gasteiger partial charge on any atom is 0.323 e. The molecule has 2 aromatic rings. The number of aromatic nitrogens is 2. The van der Waals surface area contributed by atoms with Crippen LogP contribution >= 0.6 is 11.6 Å². The van der Waals surface area contributed by atoms with Crippen LogP contribution in [-0.2, 0) is 9.59 Å². The highest BCUT2D eigenvalue weighted by molar-refractivity contribution is 6.32. The summed E-state index contributed by atoms with van der Waals surface area (Å²) in [5.41, 5.74) is 7.54. The predicted octanol–water partition coefficient (Wildman–Crippen LogP) is 2.55. The van der Waals surface area contributed by atoms with E-state index in [2.05, 4.69) is 20.6 Å². The zero-order valence-electron chi connectivity index (χ0n) is 20.5. The number of fused-ring (bicyclic) bond motifs is 3. The van der Waals surface area contributed by atoms with Crippen LogP contribution in [0.4, 0.5) is 23.1 Å². The van der Waals surface area contributed by atoms with Crippen LogP contribution in [0.25, 0.3) is 0 Å². The van der Waals surface area contributed by atoms with Crippen molar-refractivity contribution >= 4 is 52.5 Å². The molecule has 4 atom stereocenters. The van der Waals surface area contributed by atoms with Gasteiger partial charge in [0.05, 0.1) is 23.4 Å². The van der Waals surface area contributed by atoms with Crippen molar-refractivity contribution in [2.24, 2.45) is 23.5 Å². The minimum atomic E-state index is -1.05. The molecule has 2 saturated carbocycles. The van der Waals surface area contributed by atoms with Gasteiger partial charge in [0, 0.05) is 31.4 Å². The second-order valence-corrected chi connectivity index (χ2v) is 10.3. The van der Waals surface area contributed by atoms with Crippen molar-refractivity contribution in [2.75, 3.05) is 41.7 Å². The van der Waals surface area contributed by atoms with E-state index in [1.807, 2.05) is 17.9 Å². The Kier molecular flexibility index (Phi) is 6.80. The predicted molar refractivity (Wildman–Crippen MR) is 139 cm³/mol. The lowest BCUT2D eigenvalue weighted by atomic mass is 9.84. The van der Waals surface area contributed by atoms with Crippen LogP contribution in [-0.4, -0.2) is 70.0 Å². The number of hydrogen-bond acceptors (Lipinski definition) is 8. The van der Waals surface area contributed by atoms with Gasteiger partial charge in [-0.25, -0.2) is 4.98 Å². The molecule has 2 bridgehead atoms. The summed E-state index contributed by atoms with van der Waals surface area (Å²) >= 11 is 6.40. The Morgan fingerprint density at radius 2 is 1.97 bits per heavy atom. The van der Waals surface area contributed by atoms with E-state index in [9.17, 15) is 19.5 Å². The van der Waals surface area contributed by atoms with Crippen LogP contribution in [0.5, 0.6) is 0 Å². The van der Waals surface area contributed by atoms with Gasteiger partial charge in [0.15, 0.2) is 5.82 Å². The summed E-state index contributed by atoms with van der Waals surface area (Å²) in [6, 6.07) is 5.15. The van der Waals surface area contributed by atoms with Gasteiger partial charge in [-0.3, -0.25) is 14.4 Å². The first-order valence-electron chi connectivity index (χ1n) is 12.5. The van der Waals surface area contributed by atoms with Gasteiger partial charge in [-0.2, -0.15) is 4.98 Å². The molecule has 0 spiro atoms. The van der Waals surface area contributed by atoms with Gasteiger partial charge in [0.2, 0.25) is 11.9 Å². The Balaban J connectivity index is 1.38. The molecule has 1 aliphatic heterocycles. The number of carbonyl (C=O) groups is 3. The van der Waals surface area contributed by atoms with Gasteiger partial charge in [-0.15, -0.1) is 0 Å². The molecule has 37 heavy (non-hydrogen) atoms. The van der Waals surface area contributed by atoms with Crippen molar-refractivity contribution in [1.82, 2.24) is 14.9 Å². The van der Waals surface area contributed by atoms with Crippen molar-refractivity contribution in [3.05, 3.63) is 35.0 Å². The molecule has 0 radical (unpaired) electrons. The number of amides is 2. The van der Waals surface area contributed by atoms with Gasteiger partial charge in [0.1, 0.15) is 11.6 Å². The molecular weight excluding hydrogens is 498 g/mol. The second-order valence-electron chi connectivity index (χ2n) is 9.88. The van der Waals surface area contributed by atoms with Gasteiger partial charge in [0.25, 0.3) is 5.91 Å². The minimum Gasteiger partial charge on any atom is -0.480 e. The fraction of sp³-hybridized carbons (Fsp3) is 0.480. The topological polar surface area (TPSA) is 154 Å². The van der Waals surface area contributed by atoms with Crippen molar-refractivity contribution in [3.63, 3.8) is 0 Å². The summed E-state index contributed by atoms with van der Waals surface area (Å²) in [6.07, 6.45) is 4.54. The number of anilines is 4. The molecule has 2 amide bonds. The molecule has 3 aliphatic rings. The monoisotopic (exact) mass is 527 g/mol. The van der Waals surface area contributed by atoms with Crippen molar-refractivity contribution < 1.29 is 19.5 Å². The number of aliphatic carboxylic acids is 1. The van der Waals surface area contributed by atoms with Crippen molar-refractivity contribution in [3.8, 4) is 0 Å². The van der Waals surface area contributed by atoms with E-state index < -0.39 is 5.97 Å². The molecule has 11 nitrogen and oxygen atoms in total. The average Bonchev–Trinajstić information content (AvgIpc) is 3.44. The normalized spacial score (nSPS) is 24.5. The number of carboxylic acids is 1. The van der Waals surface area contributed by atoms with Gasteiger partial charge >= 0.3 is 5.97 Å². The summed E-state index contributed by atoms with van der Waals surface area (Å²) in [4.78, 5) is 48.6. The Hall–Kier alpha value is -3.60. The van der Waals surface area contributed by atoms with Crippen molar-refractivity contribution in [1.29, 1.82) is 0 Å². The largest absolute Gasteiger partial charge is 0.480 e. The third-order valence-corrected chi connectivity index (χ3v) is 8.03. The molecule has 1 aromatic carbocycles. The van der Waals surface area contributed by atoms with E-state index in [1.54, 1.807) is 12.1 Å². The van der Waals surface area contributed by atoms with Gasteiger partial charge in [-0.1, -0.05) is 11.6 Å². The lowest BCUT2D eigenvalue weighted by Gasteiger charge is -2.30. The van der Waals surface area contributed by atoms with Crippen LogP contribution in [0.2, 0.25) is 5.02 Å². The molecule has 2 fully saturated rings. The molecule has 12 heteroatoms. The summed E-state index contributed by atoms with van der Waals surface area (Å²) in [5.74, 6) is -0.507. The zero-order chi connectivity index (χ0) is 26.3. The van der Waals surface area contributed by atoms with Crippen LogP contribution < -0.4 is 21.3 Å². The Bertz CT molecular complexity index is 1240. The Morgan fingerprint density at radius 1 is 1.22 bits per heavy atom. The molecule has 2 aliphatic carbocycles. The van der Waals surface area contributed by atoms with Crippen LogP contribution in [0.15, 0.2) is 24.4 Å². The first-order chi connectivity index (χ1) is 17.7. The third-order valence-electron chi connectivity index (χ3n) is 7.75. The maximum atomic E-state index is 13.0. The summed E-state index contributed by atoms with van der Waals surface area (Å²) in [5, 5.41) is 16.1. The average molecular weight is 528 g/mol. The quantitative estimate of drug-likeness (QED) is 0.405. The number of likely N-dealkylation sites (N-methyl/N-ethyl adjacent to an activating group) is 1. The number of hydrogen-bond donors (Lipinski definition) is 4. The standard InChI is InChI=1S/C25H30ClN7O4/c1-2-32-7-8-33(12-19(34)35)24(37)16-6-5-15(10-18(16)32)29-25-28-11-17(26)23(31-25)30-21-14-4-3-13(9-14)20(21)22(27)36/h5-6,10-11,13-14,20-21H,2-4,7-9,12H2,1H3,(H2,27,36)(H,34,35)(H2,28,29,30,31)/t13-,14+,20+,21-/m0/s1. The van der Waals surface area contributed by atoms with E-state index in [0.717, 1.165) is 19.3 Å². The van der Waals surface area contributed by atoms with E-state index in [-0.39, 0.29) is 30.3 Å². The number of benzene rings is 1. The number of nitrogens with one attached hydrogen (secondary N) is 2. The lowest BCUT2D eigenvalue weighted by Crippen LogP contribution is -2.42. The minimum absolute atomic E-state index is 0.109. The maximum absolute atomic E-state index is 13.0. The fourth-order valence-corrected chi connectivity index (χ4v) is 6.20. The zero-order valence-corrected chi connectivity index (χ0v) is 21.2. The number of carbonyl (C=O) groups excluding carboxylic acids is 2. The van der Waals surface area contributed by atoms with E-state index in [4.69, 9.17) is 17.3 Å². The smallest absolute Gasteiger partial charge is 0.323 e. The molecular formula is C25H30ClN7O4. The van der Waals surface area contributed by atoms with Gasteiger partial charge in [-0.05, 0) is 56.2 Å². The van der Waals surface area contributed by atoms with Crippen LogP contribution in [0.3, 0.4) is 0 Å². The van der Waals surface area contributed by atoms with E-state index >= 15 is 0 Å². The molecule has 1 aromatic heterocycles. The highest BCUT2D eigenvalue weighted by Gasteiger charge is 2.50. The SMILES string of the molecule is CCN1CCN(CC(=O)O)C(=O)c2ccc(Nc3ncc(Cl)c(N[C@H]4[C@@H]5CC[C@@H](C5)[C@H]4C(N)=O)n3)cc21. The molecule has 5 rings (SSSR count). The first kappa shape index (κ1) is 25.1. The third kappa shape index (κ3) is 4.87. The highest BCUT2D eigenvalue weighted by atomic mass is 35.5. The van der Waals surface area contributed by atoms with Crippen molar-refractivity contribution in [2.45, 2.75) is 32.2 Å². The van der Waals surface area contributed by atoms with Crippen LogP contribution in [0, 0.1) is 17.8 Å². The summed E-state index contributed by atoms with van der Waals surface area (Å²) < 4.78 is 0. The Labute approximate surface area is 219 Å². The molecule has 0 unspecified atom stereocenters. The molecule has 196 valence electrons. The molecule has 0 saturated heterocycles. The Morgan fingerprint density at radius 3 is 2.70 bits per heavy atom. The molecule has 2 heterocycles. The molecule has 5 N–H and O–H groups in total. The number of nitrogens with two attached hydrogens (primary N) is 1. The summed E-state index contributed by atoms with van der Waals surface area (Å²) in [7, 11) is 0. The number of carboxylic acid groups (broad SMARTS) is 1. The van der Waals surface area contributed by atoms with Gasteiger partial charge < -0.3 is 31.3 Å².